The summed E-state index contributed by atoms with van der Waals surface area (Å²) >= 11 is 0. The standard InChI is InChI=1S/C34H57N3O7/c1-33(2,3)44-32(40)35-20-23-8-6-9-25(18-23)24-12-15-36(16-13-24)31(39)26-10-7-11-27(19-26)41-17-14-30(38)37-21-28-29(22-37)43-34(4,5)42-28/h23-29H,6-22H2,1-5H3,(H,35,40)/t23?,25?,26?,27?,28-,29+. The number of rotatable bonds is 8. The van der Waals surface area contributed by atoms with Crippen LogP contribution in [-0.2, 0) is 28.5 Å². The Labute approximate surface area is 264 Å². The molecule has 3 amide bonds. The first-order valence-electron chi connectivity index (χ1n) is 17.4. The van der Waals surface area contributed by atoms with Crippen LogP contribution < -0.4 is 5.32 Å². The van der Waals surface area contributed by atoms with Gasteiger partial charge in [-0.1, -0.05) is 19.3 Å². The molecule has 2 saturated carbocycles. The Hall–Kier alpha value is -1.91. The number of piperidine rings is 1. The molecule has 0 aromatic heterocycles. The summed E-state index contributed by atoms with van der Waals surface area (Å²) in [5.41, 5.74) is -0.478. The SMILES string of the molecule is CC(C)(C)OC(=O)NCC1CCCC(C2CCN(C(=O)C3CCCC(OCCC(=O)N4C[C@@H]5OC(C)(C)O[C@@H]5C4)C3)CC2)C1. The highest BCUT2D eigenvalue weighted by atomic mass is 16.8. The summed E-state index contributed by atoms with van der Waals surface area (Å²) in [6, 6.07) is 0. The summed E-state index contributed by atoms with van der Waals surface area (Å²) in [7, 11) is 0. The lowest BCUT2D eigenvalue weighted by molar-refractivity contribution is -0.161. The van der Waals surface area contributed by atoms with Crippen LogP contribution in [0.5, 0.6) is 0 Å². The van der Waals surface area contributed by atoms with Gasteiger partial charge >= 0.3 is 6.09 Å². The first-order chi connectivity index (χ1) is 20.8. The minimum Gasteiger partial charge on any atom is -0.444 e. The molecule has 250 valence electrons. The molecule has 2 aliphatic carbocycles. The first-order valence-corrected chi connectivity index (χ1v) is 17.4. The van der Waals surface area contributed by atoms with E-state index in [1.165, 1.54) is 12.8 Å². The van der Waals surface area contributed by atoms with Crippen LogP contribution in [0.4, 0.5) is 4.79 Å². The quantitative estimate of drug-likeness (QED) is 0.413. The van der Waals surface area contributed by atoms with Gasteiger partial charge in [0, 0.05) is 38.6 Å². The zero-order valence-electron chi connectivity index (χ0n) is 27.8. The largest absolute Gasteiger partial charge is 0.444 e. The molecule has 0 bridgehead atoms. The van der Waals surface area contributed by atoms with E-state index in [1.807, 2.05) is 39.5 Å². The minimum atomic E-state index is -0.569. The molecule has 5 aliphatic rings. The smallest absolute Gasteiger partial charge is 0.407 e. The molecular formula is C34H57N3O7. The van der Waals surface area contributed by atoms with Gasteiger partial charge in [0.25, 0.3) is 0 Å². The zero-order chi connectivity index (χ0) is 31.5. The van der Waals surface area contributed by atoms with Gasteiger partial charge in [-0.3, -0.25) is 9.59 Å². The van der Waals surface area contributed by atoms with Crippen LogP contribution in [0.2, 0.25) is 0 Å². The third kappa shape index (κ3) is 9.09. The first kappa shape index (κ1) is 33.5. The van der Waals surface area contributed by atoms with Gasteiger partial charge in [0.1, 0.15) is 17.8 Å². The Bertz CT molecular complexity index is 989. The minimum absolute atomic E-state index is 0.0228. The Balaban J connectivity index is 0.981. The number of ether oxygens (including phenoxy) is 4. The molecule has 3 heterocycles. The lowest BCUT2D eigenvalue weighted by Gasteiger charge is -2.41. The predicted molar refractivity (Wildman–Crippen MR) is 166 cm³/mol. The van der Waals surface area contributed by atoms with E-state index in [4.69, 9.17) is 18.9 Å². The Kier molecular flexibility index (Phi) is 10.8. The van der Waals surface area contributed by atoms with Gasteiger partial charge in [0.05, 0.1) is 19.1 Å². The summed E-state index contributed by atoms with van der Waals surface area (Å²) in [6.07, 6.45) is 10.5. The van der Waals surface area contributed by atoms with Crippen molar-refractivity contribution < 1.29 is 33.3 Å². The second-order valence-electron chi connectivity index (χ2n) is 15.5. The molecule has 44 heavy (non-hydrogen) atoms. The summed E-state index contributed by atoms with van der Waals surface area (Å²) < 4.78 is 23.4. The number of alkyl carbamates (subject to hydrolysis) is 1. The van der Waals surface area contributed by atoms with E-state index in [1.54, 1.807) is 0 Å². The number of carbonyl (C=O) groups is 3. The van der Waals surface area contributed by atoms with Crippen LogP contribution in [0.15, 0.2) is 0 Å². The fourth-order valence-electron chi connectivity index (χ4n) is 8.26. The molecular weight excluding hydrogens is 562 g/mol. The number of amides is 3. The molecule has 5 rings (SSSR count). The maximum absolute atomic E-state index is 13.5. The van der Waals surface area contributed by atoms with Crippen molar-refractivity contribution in [2.24, 2.45) is 23.7 Å². The van der Waals surface area contributed by atoms with Crippen LogP contribution in [0.3, 0.4) is 0 Å². The molecule has 0 radical (unpaired) electrons. The normalized spacial score (nSPS) is 32.8. The van der Waals surface area contributed by atoms with E-state index in [-0.39, 0.29) is 36.2 Å². The maximum atomic E-state index is 13.5. The fraction of sp³-hybridized carbons (Fsp3) is 0.912. The highest BCUT2D eigenvalue weighted by molar-refractivity contribution is 5.79. The number of hydrogen-bond donors (Lipinski definition) is 1. The van der Waals surface area contributed by atoms with Crippen LogP contribution >= 0.6 is 0 Å². The van der Waals surface area contributed by atoms with Gasteiger partial charge in [-0.25, -0.2) is 4.79 Å². The van der Waals surface area contributed by atoms with E-state index < -0.39 is 11.4 Å². The van der Waals surface area contributed by atoms with E-state index in [0.717, 1.165) is 64.5 Å². The van der Waals surface area contributed by atoms with Gasteiger partial charge in [0.2, 0.25) is 11.8 Å². The van der Waals surface area contributed by atoms with Crippen molar-refractivity contribution in [2.45, 2.75) is 135 Å². The third-order valence-electron chi connectivity index (χ3n) is 10.4. The molecule has 0 aromatic carbocycles. The maximum Gasteiger partial charge on any atom is 0.407 e. The van der Waals surface area contributed by atoms with Crippen molar-refractivity contribution in [3.8, 4) is 0 Å². The predicted octanol–water partition coefficient (Wildman–Crippen LogP) is 4.88. The number of hydrogen-bond acceptors (Lipinski definition) is 7. The molecule has 0 spiro atoms. The summed E-state index contributed by atoms with van der Waals surface area (Å²) in [6.45, 7) is 13.4. The number of fused-ring (bicyclic) bond motifs is 1. The number of nitrogens with zero attached hydrogens (tertiary/aromatic N) is 2. The molecule has 3 aliphatic heterocycles. The molecule has 1 N–H and O–H groups in total. The third-order valence-corrected chi connectivity index (χ3v) is 10.4. The second-order valence-corrected chi connectivity index (χ2v) is 15.5. The second kappa shape index (κ2) is 14.2. The molecule has 0 aromatic rings. The molecule has 3 saturated heterocycles. The lowest BCUT2D eigenvalue weighted by Crippen LogP contribution is -2.45. The zero-order valence-corrected chi connectivity index (χ0v) is 27.8. The van der Waals surface area contributed by atoms with Crippen molar-refractivity contribution in [1.82, 2.24) is 15.1 Å². The van der Waals surface area contributed by atoms with Gasteiger partial charge in [-0.15, -0.1) is 0 Å². The Morgan fingerprint density at radius 3 is 2.23 bits per heavy atom. The van der Waals surface area contributed by atoms with Crippen LogP contribution in [0.25, 0.3) is 0 Å². The van der Waals surface area contributed by atoms with Crippen LogP contribution in [0.1, 0.15) is 105 Å². The molecule has 5 fully saturated rings. The molecule has 4 unspecified atom stereocenters. The lowest BCUT2D eigenvalue weighted by atomic mass is 9.72. The summed E-state index contributed by atoms with van der Waals surface area (Å²) in [5.74, 6) is 1.66. The van der Waals surface area contributed by atoms with Gasteiger partial charge in [-0.05, 0) is 97.3 Å². The molecule has 6 atom stereocenters. The van der Waals surface area contributed by atoms with Crippen molar-refractivity contribution >= 4 is 17.9 Å². The number of carbonyl (C=O) groups excluding carboxylic acids is 3. The highest BCUT2D eigenvalue weighted by Crippen LogP contribution is 2.39. The monoisotopic (exact) mass is 619 g/mol. The molecule has 10 heteroatoms. The molecule has 10 nitrogen and oxygen atoms in total. The summed E-state index contributed by atoms with van der Waals surface area (Å²) in [5, 5.41) is 2.98. The van der Waals surface area contributed by atoms with Crippen LogP contribution in [0, 0.1) is 23.7 Å². The highest BCUT2D eigenvalue weighted by Gasteiger charge is 2.47. The topological polar surface area (TPSA) is 107 Å². The summed E-state index contributed by atoms with van der Waals surface area (Å²) in [4.78, 5) is 42.3. The van der Waals surface area contributed by atoms with Crippen molar-refractivity contribution in [3.05, 3.63) is 0 Å². The van der Waals surface area contributed by atoms with Gasteiger partial charge < -0.3 is 34.1 Å². The van der Waals surface area contributed by atoms with E-state index in [9.17, 15) is 14.4 Å². The van der Waals surface area contributed by atoms with Gasteiger partial charge in [0.15, 0.2) is 5.79 Å². The van der Waals surface area contributed by atoms with Gasteiger partial charge in [-0.2, -0.15) is 0 Å². The van der Waals surface area contributed by atoms with Crippen molar-refractivity contribution in [2.75, 3.05) is 39.3 Å². The Morgan fingerprint density at radius 2 is 1.55 bits per heavy atom. The average Bonchev–Trinajstić information content (AvgIpc) is 3.49. The van der Waals surface area contributed by atoms with E-state index in [0.29, 0.717) is 56.3 Å². The van der Waals surface area contributed by atoms with E-state index >= 15 is 0 Å². The van der Waals surface area contributed by atoms with Crippen LogP contribution in [-0.4, -0.2) is 96.7 Å². The van der Waals surface area contributed by atoms with E-state index in [2.05, 4.69) is 10.2 Å². The number of nitrogens with one attached hydrogen (secondary N) is 1. The Morgan fingerprint density at radius 1 is 0.864 bits per heavy atom. The fourth-order valence-corrected chi connectivity index (χ4v) is 8.26. The van der Waals surface area contributed by atoms with Crippen molar-refractivity contribution in [3.63, 3.8) is 0 Å². The van der Waals surface area contributed by atoms with Crippen molar-refractivity contribution in [1.29, 1.82) is 0 Å². The number of likely N-dealkylation sites (tertiary alicyclic amines) is 2. The average molecular weight is 620 g/mol.